The van der Waals surface area contributed by atoms with Crippen LogP contribution in [-0.4, -0.2) is 36.2 Å². The Labute approximate surface area is 89.8 Å². The van der Waals surface area contributed by atoms with Crippen molar-refractivity contribution in [3.63, 3.8) is 0 Å². The molecule has 88 valence electrons. The summed E-state index contributed by atoms with van der Waals surface area (Å²) in [7, 11) is 1.52. The quantitative estimate of drug-likeness (QED) is 0.662. The average molecular weight is 217 g/mol. The number of carboxylic acids is 1. The van der Waals surface area contributed by atoms with Crippen molar-refractivity contribution in [3.05, 3.63) is 0 Å². The van der Waals surface area contributed by atoms with E-state index in [1.54, 1.807) is 13.8 Å². The zero-order valence-electron chi connectivity index (χ0n) is 9.88. The molecule has 0 aromatic heterocycles. The van der Waals surface area contributed by atoms with Crippen LogP contribution in [0.4, 0.5) is 0 Å². The van der Waals surface area contributed by atoms with Gasteiger partial charge in [-0.05, 0) is 27.7 Å². The van der Waals surface area contributed by atoms with Gasteiger partial charge in [-0.15, -0.1) is 0 Å². The lowest BCUT2D eigenvalue weighted by Gasteiger charge is -2.29. The highest BCUT2D eigenvalue weighted by Crippen LogP contribution is 2.17. The van der Waals surface area contributed by atoms with Gasteiger partial charge in [-0.1, -0.05) is 0 Å². The van der Waals surface area contributed by atoms with Gasteiger partial charge >= 0.3 is 5.97 Å². The molecule has 15 heavy (non-hydrogen) atoms. The van der Waals surface area contributed by atoms with Crippen LogP contribution < -0.4 is 5.32 Å². The summed E-state index contributed by atoms with van der Waals surface area (Å²) in [5.74, 6) is -1.66. The van der Waals surface area contributed by atoms with Gasteiger partial charge in [-0.3, -0.25) is 9.59 Å². The van der Waals surface area contributed by atoms with Crippen molar-refractivity contribution >= 4 is 11.9 Å². The predicted octanol–water partition coefficient (Wildman–Crippen LogP) is 0.638. The van der Waals surface area contributed by atoms with Gasteiger partial charge in [0.25, 0.3) is 0 Å². The summed E-state index contributed by atoms with van der Waals surface area (Å²) in [6, 6.07) is 0. The second-order valence-electron chi connectivity index (χ2n) is 4.70. The highest BCUT2D eigenvalue weighted by Gasteiger charge is 2.38. The van der Waals surface area contributed by atoms with E-state index in [2.05, 4.69) is 5.32 Å². The van der Waals surface area contributed by atoms with Crippen molar-refractivity contribution in [2.75, 3.05) is 13.7 Å². The van der Waals surface area contributed by atoms with Crippen molar-refractivity contribution in [3.8, 4) is 0 Å². The van der Waals surface area contributed by atoms with E-state index in [0.29, 0.717) is 6.61 Å². The third-order valence-corrected chi connectivity index (χ3v) is 2.06. The molecule has 0 aliphatic rings. The first-order chi connectivity index (χ1) is 6.63. The van der Waals surface area contributed by atoms with Crippen LogP contribution in [0.25, 0.3) is 0 Å². The molecule has 0 saturated heterocycles. The lowest BCUT2D eigenvalue weighted by atomic mass is 9.91. The number of methoxy groups -OCH3 is 1. The Morgan fingerprint density at radius 1 is 1.27 bits per heavy atom. The minimum atomic E-state index is -1.43. The summed E-state index contributed by atoms with van der Waals surface area (Å²) in [5, 5.41) is 11.5. The van der Waals surface area contributed by atoms with Gasteiger partial charge < -0.3 is 15.2 Å². The van der Waals surface area contributed by atoms with Crippen molar-refractivity contribution in [2.24, 2.45) is 5.41 Å². The van der Waals surface area contributed by atoms with E-state index < -0.39 is 22.8 Å². The van der Waals surface area contributed by atoms with Crippen LogP contribution in [0.1, 0.15) is 27.7 Å². The van der Waals surface area contributed by atoms with Crippen LogP contribution in [0.2, 0.25) is 0 Å². The van der Waals surface area contributed by atoms with Crippen molar-refractivity contribution in [2.45, 2.75) is 33.2 Å². The van der Waals surface area contributed by atoms with Gasteiger partial charge in [0.15, 0.2) is 0 Å². The number of carboxylic acid groups (broad SMARTS) is 1. The molecule has 0 heterocycles. The van der Waals surface area contributed by atoms with Gasteiger partial charge in [0.05, 0.1) is 12.1 Å². The first-order valence-electron chi connectivity index (χ1n) is 4.68. The van der Waals surface area contributed by atoms with Gasteiger partial charge in [0.1, 0.15) is 5.41 Å². The Bertz CT molecular complexity index is 258. The lowest BCUT2D eigenvalue weighted by Crippen LogP contribution is -2.53. The molecule has 0 aromatic rings. The number of carbonyl (C=O) groups is 2. The molecule has 2 N–H and O–H groups in total. The maximum Gasteiger partial charge on any atom is 0.318 e. The Balaban J connectivity index is 4.56. The summed E-state index contributed by atoms with van der Waals surface area (Å²) in [4.78, 5) is 22.5. The third-order valence-electron chi connectivity index (χ3n) is 2.06. The lowest BCUT2D eigenvalue weighted by molar-refractivity contribution is -0.154. The van der Waals surface area contributed by atoms with Gasteiger partial charge in [0.2, 0.25) is 5.91 Å². The van der Waals surface area contributed by atoms with E-state index in [9.17, 15) is 9.59 Å². The van der Waals surface area contributed by atoms with Crippen LogP contribution >= 0.6 is 0 Å². The zero-order valence-corrected chi connectivity index (χ0v) is 9.88. The summed E-state index contributed by atoms with van der Waals surface area (Å²) < 4.78 is 4.92. The molecule has 0 atom stereocenters. The maximum absolute atomic E-state index is 11.6. The number of rotatable bonds is 5. The fourth-order valence-electron chi connectivity index (χ4n) is 0.958. The van der Waals surface area contributed by atoms with Crippen LogP contribution in [-0.2, 0) is 14.3 Å². The number of ether oxygens (including phenoxy) is 1. The molecule has 0 fully saturated rings. The molecular formula is C10H19NO4. The van der Waals surface area contributed by atoms with Gasteiger partial charge in [-0.2, -0.15) is 0 Å². The third kappa shape index (κ3) is 3.87. The molecular weight excluding hydrogens is 198 g/mol. The number of nitrogens with one attached hydrogen (secondary N) is 1. The van der Waals surface area contributed by atoms with E-state index >= 15 is 0 Å². The van der Waals surface area contributed by atoms with Gasteiger partial charge in [0, 0.05) is 7.11 Å². The largest absolute Gasteiger partial charge is 0.480 e. The molecule has 0 bridgehead atoms. The Morgan fingerprint density at radius 2 is 1.73 bits per heavy atom. The fraction of sp³-hybridized carbons (Fsp3) is 0.800. The second-order valence-corrected chi connectivity index (χ2v) is 4.70. The topological polar surface area (TPSA) is 75.6 Å². The zero-order chi connectivity index (χ0) is 12.3. The molecule has 0 aliphatic heterocycles. The summed E-state index contributed by atoms with van der Waals surface area (Å²) in [6.07, 6.45) is 0. The fourth-order valence-corrected chi connectivity index (χ4v) is 0.958. The number of hydrogen-bond acceptors (Lipinski definition) is 3. The maximum atomic E-state index is 11.6. The minimum Gasteiger partial charge on any atom is -0.480 e. The molecule has 0 unspecified atom stereocenters. The second kappa shape index (κ2) is 4.61. The van der Waals surface area contributed by atoms with Crippen molar-refractivity contribution in [1.82, 2.24) is 5.32 Å². The molecule has 0 aliphatic carbocycles. The minimum absolute atomic E-state index is 0.328. The molecule has 0 radical (unpaired) electrons. The number of hydrogen-bond donors (Lipinski definition) is 2. The monoisotopic (exact) mass is 217 g/mol. The smallest absolute Gasteiger partial charge is 0.318 e. The van der Waals surface area contributed by atoms with Crippen LogP contribution in [0, 0.1) is 5.41 Å². The summed E-state index contributed by atoms with van der Waals surface area (Å²) in [5.41, 5.74) is -2.00. The highest BCUT2D eigenvalue weighted by molar-refractivity contribution is 6.01. The van der Waals surface area contributed by atoms with Gasteiger partial charge in [-0.25, -0.2) is 0 Å². The molecule has 0 saturated carbocycles. The van der Waals surface area contributed by atoms with Crippen LogP contribution in [0.5, 0.6) is 0 Å². The van der Waals surface area contributed by atoms with Crippen molar-refractivity contribution in [1.29, 1.82) is 0 Å². The van der Waals surface area contributed by atoms with E-state index in [0.717, 1.165) is 0 Å². The normalized spacial score (nSPS) is 12.3. The molecule has 0 spiro atoms. The first kappa shape index (κ1) is 13.9. The number of aliphatic carboxylic acids is 1. The Kier molecular flexibility index (Phi) is 4.27. The Hall–Kier alpha value is -1.10. The molecule has 5 nitrogen and oxygen atoms in total. The van der Waals surface area contributed by atoms with E-state index in [-0.39, 0.29) is 0 Å². The predicted molar refractivity (Wildman–Crippen MR) is 55.5 cm³/mol. The Morgan fingerprint density at radius 3 is 2.07 bits per heavy atom. The van der Waals surface area contributed by atoms with Crippen molar-refractivity contribution < 1.29 is 19.4 Å². The molecule has 0 rings (SSSR count). The molecule has 1 amide bonds. The van der Waals surface area contributed by atoms with E-state index in [1.165, 1.54) is 21.0 Å². The number of carbonyl (C=O) groups excluding carboxylic acids is 1. The summed E-state index contributed by atoms with van der Waals surface area (Å²) >= 11 is 0. The molecule has 5 heteroatoms. The SMILES string of the molecule is COCC(C)(C)NC(=O)C(C)(C)C(=O)O. The standard InChI is InChI=1S/C10H19NO4/c1-9(2,6-15-5)11-7(12)10(3,4)8(13)14/h6H2,1-5H3,(H,11,12)(H,13,14). The molecule has 0 aromatic carbocycles. The number of amides is 1. The highest BCUT2D eigenvalue weighted by atomic mass is 16.5. The van der Waals surface area contributed by atoms with E-state index in [1.807, 2.05) is 0 Å². The average Bonchev–Trinajstić information content (AvgIpc) is 2.02. The van der Waals surface area contributed by atoms with Crippen LogP contribution in [0.15, 0.2) is 0 Å². The summed E-state index contributed by atoms with van der Waals surface area (Å²) in [6.45, 7) is 6.61. The van der Waals surface area contributed by atoms with E-state index in [4.69, 9.17) is 9.84 Å². The first-order valence-corrected chi connectivity index (χ1v) is 4.68. The van der Waals surface area contributed by atoms with Crippen LogP contribution in [0.3, 0.4) is 0 Å².